The van der Waals surface area contributed by atoms with E-state index in [1.54, 1.807) is 6.07 Å². The molecule has 0 aliphatic rings. The van der Waals surface area contributed by atoms with Gasteiger partial charge in [0.1, 0.15) is 11.6 Å². The summed E-state index contributed by atoms with van der Waals surface area (Å²) in [6.45, 7) is 1.35. The standard InChI is InChI=1S/C12H12N2O6/c1-7(6-13)20-12(15)8-4-10(18-2)11(19-3)5-9(8)14(16)17/h4-5,7H,1-3H3. The lowest BCUT2D eigenvalue weighted by Crippen LogP contribution is -2.15. The minimum absolute atomic E-state index is 0.115. The predicted octanol–water partition coefficient (Wildman–Crippen LogP) is 1.68. The molecule has 0 aliphatic heterocycles. The van der Waals surface area contributed by atoms with E-state index in [9.17, 15) is 14.9 Å². The first-order valence-electron chi connectivity index (χ1n) is 5.45. The number of nitriles is 1. The third-order valence-electron chi connectivity index (χ3n) is 2.38. The summed E-state index contributed by atoms with van der Waals surface area (Å²) in [6, 6.07) is 3.90. The summed E-state index contributed by atoms with van der Waals surface area (Å²) in [5.41, 5.74) is -0.799. The van der Waals surface area contributed by atoms with Crippen molar-refractivity contribution in [3.63, 3.8) is 0 Å². The fourth-order valence-electron chi connectivity index (χ4n) is 1.43. The summed E-state index contributed by atoms with van der Waals surface area (Å²) in [6.07, 6.45) is -1.02. The highest BCUT2D eigenvalue weighted by atomic mass is 16.6. The second-order valence-corrected chi connectivity index (χ2v) is 3.66. The Hall–Kier alpha value is -2.82. The lowest BCUT2D eigenvalue weighted by molar-refractivity contribution is -0.385. The molecular formula is C12H12N2O6. The molecule has 1 rings (SSSR count). The smallest absolute Gasteiger partial charge is 0.346 e. The van der Waals surface area contributed by atoms with Gasteiger partial charge in [-0.05, 0) is 6.92 Å². The van der Waals surface area contributed by atoms with Gasteiger partial charge in [-0.2, -0.15) is 5.26 Å². The topological polar surface area (TPSA) is 112 Å². The molecule has 1 aromatic rings. The fraction of sp³-hybridized carbons (Fsp3) is 0.333. The van der Waals surface area contributed by atoms with Crippen LogP contribution in [0.3, 0.4) is 0 Å². The maximum absolute atomic E-state index is 11.8. The van der Waals surface area contributed by atoms with Crippen molar-refractivity contribution in [1.29, 1.82) is 5.26 Å². The van der Waals surface area contributed by atoms with Crippen molar-refractivity contribution in [1.82, 2.24) is 0 Å². The van der Waals surface area contributed by atoms with E-state index in [1.807, 2.05) is 0 Å². The van der Waals surface area contributed by atoms with Crippen LogP contribution in [-0.4, -0.2) is 31.2 Å². The lowest BCUT2D eigenvalue weighted by Gasteiger charge is -2.11. The summed E-state index contributed by atoms with van der Waals surface area (Å²) in [5.74, 6) is -0.717. The summed E-state index contributed by atoms with van der Waals surface area (Å²) in [5, 5.41) is 19.6. The lowest BCUT2D eigenvalue weighted by atomic mass is 10.1. The molecule has 106 valence electrons. The quantitative estimate of drug-likeness (QED) is 0.458. The molecule has 1 aromatic carbocycles. The number of nitrogens with zero attached hydrogens (tertiary/aromatic N) is 2. The van der Waals surface area contributed by atoms with Crippen LogP contribution in [0.5, 0.6) is 11.5 Å². The highest BCUT2D eigenvalue weighted by molar-refractivity contribution is 5.95. The van der Waals surface area contributed by atoms with Crippen LogP contribution >= 0.6 is 0 Å². The second kappa shape index (κ2) is 6.38. The fourth-order valence-corrected chi connectivity index (χ4v) is 1.43. The van der Waals surface area contributed by atoms with Crippen molar-refractivity contribution in [2.45, 2.75) is 13.0 Å². The van der Waals surface area contributed by atoms with E-state index < -0.39 is 22.7 Å². The molecule has 0 aliphatic carbocycles. The van der Waals surface area contributed by atoms with Crippen LogP contribution in [0.4, 0.5) is 5.69 Å². The van der Waals surface area contributed by atoms with Crippen molar-refractivity contribution in [2.75, 3.05) is 14.2 Å². The molecule has 8 heteroatoms. The Balaban J connectivity index is 3.33. The van der Waals surface area contributed by atoms with Crippen LogP contribution < -0.4 is 9.47 Å². The Morgan fingerprint density at radius 3 is 2.35 bits per heavy atom. The van der Waals surface area contributed by atoms with E-state index >= 15 is 0 Å². The first kappa shape index (κ1) is 15.2. The van der Waals surface area contributed by atoms with Crippen LogP contribution in [0.25, 0.3) is 0 Å². The van der Waals surface area contributed by atoms with E-state index in [0.717, 1.165) is 12.1 Å². The monoisotopic (exact) mass is 280 g/mol. The minimum Gasteiger partial charge on any atom is -0.493 e. The predicted molar refractivity (Wildman–Crippen MR) is 66.7 cm³/mol. The third-order valence-corrected chi connectivity index (χ3v) is 2.38. The number of carbonyl (C=O) groups excluding carboxylic acids is 1. The average molecular weight is 280 g/mol. The summed E-state index contributed by atoms with van der Waals surface area (Å²) in [7, 11) is 2.65. The van der Waals surface area contributed by atoms with Crippen LogP contribution in [0.1, 0.15) is 17.3 Å². The largest absolute Gasteiger partial charge is 0.493 e. The van der Waals surface area contributed by atoms with Gasteiger partial charge in [-0.3, -0.25) is 10.1 Å². The Labute approximate surface area is 114 Å². The maximum atomic E-state index is 11.8. The van der Waals surface area contributed by atoms with E-state index in [1.165, 1.54) is 21.1 Å². The molecule has 0 fully saturated rings. The van der Waals surface area contributed by atoms with Gasteiger partial charge in [0.2, 0.25) is 0 Å². The Morgan fingerprint density at radius 1 is 1.35 bits per heavy atom. The van der Waals surface area contributed by atoms with Crippen molar-refractivity contribution in [3.8, 4) is 17.6 Å². The average Bonchev–Trinajstić information content (AvgIpc) is 2.45. The highest BCUT2D eigenvalue weighted by Gasteiger charge is 2.26. The molecule has 0 spiro atoms. The molecule has 0 heterocycles. The maximum Gasteiger partial charge on any atom is 0.346 e. The van der Waals surface area contributed by atoms with Gasteiger partial charge in [-0.1, -0.05) is 0 Å². The molecule has 0 aromatic heterocycles. The summed E-state index contributed by atoms with van der Waals surface area (Å²) in [4.78, 5) is 22.1. The van der Waals surface area contributed by atoms with E-state index in [0.29, 0.717) is 0 Å². The zero-order chi connectivity index (χ0) is 15.3. The van der Waals surface area contributed by atoms with Crippen molar-refractivity contribution >= 4 is 11.7 Å². The van der Waals surface area contributed by atoms with Gasteiger partial charge in [-0.25, -0.2) is 4.79 Å². The highest BCUT2D eigenvalue weighted by Crippen LogP contribution is 2.34. The molecule has 0 saturated heterocycles. The number of hydrogen-bond donors (Lipinski definition) is 0. The number of ether oxygens (including phenoxy) is 3. The first-order valence-corrected chi connectivity index (χ1v) is 5.45. The minimum atomic E-state index is -1.02. The third kappa shape index (κ3) is 3.14. The molecule has 1 unspecified atom stereocenters. The molecule has 0 saturated carbocycles. The van der Waals surface area contributed by atoms with E-state index in [2.05, 4.69) is 0 Å². The molecule has 0 bridgehead atoms. The second-order valence-electron chi connectivity index (χ2n) is 3.66. The number of rotatable bonds is 5. The van der Waals surface area contributed by atoms with Gasteiger partial charge in [0.15, 0.2) is 17.6 Å². The Bertz CT molecular complexity index is 578. The van der Waals surface area contributed by atoms with Gasteiger partial charge < -0.3 is 14.2 Å². The van der Waals surface area contributed by atoms with Crippen molar-refractivity contribution in [3.05, 3.63) is 27.8 Å². The van der Waals surface area contributed by atoms with Crippen molar-refractivity contribution in [2.24, 2.45) is 0 Å². The van der Waals surface area contributed by atoms with Gasteiger partial charge in [0.25, 0.3) is 5.69 Å². The van der Waals surface area contributed by atoms with Crippen molar-refractivity contribution < 1.29 is 23.9 Å². The number of nitro benzene ring substituents is 1. The zero-order valence-electron chi connectivity index (χ0n) is 11.1. The number of benzene rings is 1. The Kier molecular flexibility index (Phi) is 4.86. The summed E-state index contributed by atoms with van der Waals surface area (Å²) >= 11 is 0. The number of hydrogen-bond acceptors (Lipinski definition) is 7. The first-order chi connectivity index (χ1) is 9.44. The molecular weight excluding hydrogens is 268 g/mol. The Morgan fingerprint density at radius 2 is 1.90 bits per heavy atom. The molecule has 0 amide bonds. The van der Waals surface area contributed by atoms with Crippen LogP contribution in [0.15, 0.2) is 12.1 Å². The normalized spacial score (nSPS) is 11.1. The zero-order valence-corrected chi connectivity index (χ0v) is 11.1. The number of carbonyl (C=O) groups is 1. The number of methoxy groups -OCH3 is 2. The molecule has 1 atom stereocenters. The number of nitro groups is 1. The van der Waals surface area contributed by atoms with Crippen LogP contribution in [0.2, 0.25) is 0 Å². The van der Waals surface area contributed by atoms with E-state index in [-0.39, 0.29) is 17.1 Å². The van der Waals surface area contributed by atoms with Gasteiger partial charge in [0, 0.05) is 6.07 Å². The molecule has 20 heavy (non-hydrogen) atoms. The molecule has 0 radical (unpaired) electrons. The van der Waals surface area contributed by atoms with Gasteiger partial charge in [0.05, 0.1) is 25.2 Å². The van der Waals surface area contributed by atoms with Gasteiger partial charge in [-0.15, -0.1) is 0 Å². The van der Waals surface area contributed by atoms with Crippen LogP contribution in [0, 0.1) is 21.4 Å². The van der Waals surface area contributed by atoms with Crippen LogP contribution in [-0.2, 0) is 4.74 Å². The molecule has 0 N–H and O–H groups in total. The summed E-state index contributed by atoms with van der Waals surface area (Å²) < 4.78 is 14.7. The van der Waals surface area contributed by atoms with Gasteiger partial charge >= 0.3 is 5.97 Å². The molecule has 8 nitrogen and oxygen atoms in total. The van der Waals surface area contributed by atoms with E-state index in [4.69, 9.17) is 19.5 Å². The number of esters is 1. The SMILES string of the molecule is COc1cc(C(=O)OC(C)C#N)c([N+](=O)[O-])cc1OC.